The Morgan fingerprint density at radius 3 is 2.62 bits per heavy atom. The highest BCUT2D eigenvalue weighted by molar-refractivity contribution is 7.91. The molecule has 6 heteroatoms. The van der Waals surface area contributed by atoms with Crippen molar-refractivity contribution in [3.8, 4) is 0 Å². The van der Waals surface area contributed by atoms with E-state index in [1.54, 1.807) is 6.92 Å². The molecule has 1 aliphatic heterocycles. The zero-order chi connectivity index (χ0) is 10.1. The predicted octanol–water partition coefficient (Wildman–Crippen LogP) is 0.370. The van der Waals surface area contributed by atoms with Crippen LogP contribution in [0, 0.1) is 0 Å². The molecule has 0 radical (unpaired) electrons. The minimum absolute atomic E-state index is 0.000278. The highest BCUT2D eigenvalue weighted by atomic mass is 32.2. The quantitative estimate of drug-likeness (QED) is 0.665. The normalized spacial score (nSPS) is 29.4. The van der Waals surface area contributed by atoms with E-state index in [1.165, 1.54) is 4.90 Å². The fourth-order valence-electron chi connectivity index (χ4n) is 1.48. The molecule has 0 spiro atoms. The summed E-state index contributed by atoms with van der Waals surface area (Å²) in [4.78, 5) is 1.52. The molecule has 1 fully saturated rings. The first-order valence-corrected chi connectivity index (χ1v) is 5.95. The van der Waals surface area contributed by atoms with Gasteiger partial charge in [-0.25, -0.2) is 17.2 Å². The molecular formula is C7H13F2NO2S. The predicted molar refractivity (Wildman–Crippen MR) is 45.7 cm³/mol. The van der Waals surface area contributed by atoms with Gasteiger partial charge in [-0.15, -0.1) is 0 Å². The maximum atomic E-state index is 12.0. The van der Waals surface area contributed by atoms with Gasteiger partial charge in [0.15, 0.2) is 9.84 Å². The zero-order valence-corrected chi connectivity index (χ0v) is 8.23. The Kier molecular flexibility index (Phi) is 3.23. The van der Waals surface area contributed by atoms with Crippen molar-refractivity contribution in [2.24, 2.45) is 0 Å². The second-order valence-electron chi connectivity index (χ2n) is 3.35. The minimum atomic E-state index is -2.99. The van der Waals surface area contributed by atoms with E-state index in [-0.39, 0.29) is 30.6 Å². The van der Waals surface area contributed by atoms with Gasteiger partial charge in [0, 0.05) is 12.6 Å². The molecule has 0 aliphatic carbocycles. The Balaban J connectivity index is 2.54. The van der Waals surface area contributed by atoms with Gasteiger partial charge in [-0.3, -0.25) is 4.90 Å². The van der Waals surface area contributed by atoms with Gasteiger partial charge in [-0.2, -0.15) is 0 Å². The van der Waals surface area contributed by atoms with E-state index in [0.29, 0.717) is 0 Å². The summed E-state index contributed by atoms with van der Waals surface area (Å²) in [6, 6.07) is -0.284. The smallest absolute Gasteiger partial charge is 0.251 e. The summed E-state index contributed by atoms with van der Waals surface area (Å²) >= 11 is 0. The van der Waals surface area contributed by atoms with Crippen molar-refractivity contribution in [3.63, 3.8) is 0 Å². The van der Waals surface area contributed by atoms with E-state index in [2.05, 4.69) is 0 Å². The third kappa shape index (κ3) is 3.19. The fourth-order valence-corrected chi connectivity index (χ4v) is 3.11. The topological polar surface area (TPSA) is 37.4 Å². The molecule has 1 rings (SSSR count). The lowest BCUT2D eigenvalue weighted by atomic mass is 10.3. The van der Waals surface area contributed by atoms with E-state index >= 15 is 0 Å². The van der Waals surface area contributed by atoms with Crippen LogP contribution in [0.2, 0.25) is 0 Å². The maximum absolute atomic E-state index is 12.0. The minimum Gasteiger partial charge on any atom is -0.293 e. The molecule has 1 heterocycles. The number of nitrogens with zero attached hydrogens (tertiary/aromatic N) is 1. The van der Waals surface area contributed by atoms with E-state index < -0.39 is 16.3 Å². The van der Waals surface area contributed by atoms with Crippen LogP contribution in [0.3, 0.4) is 0 Å². The van der Waals surface area contributed by atoms with Crippen LogP contribution in [-0.4, -0.2) is 50.4 Å². The second kappa shape index (κ2) is 3.88. The first-order valence-electron chi connectivity index (χ1n) is 4.13. The molecule has 1 unspecified atom stereocenters. The number of sulfone groups is 1. The van der Waals surface area contributed by atoms with Gasteiger partial charge in [0.25, 0.3) is 6.43 Å². The average molecular weight is 213 g/mol. The molecule has 1 atom stereocenters. The van der Waals surface area contributed by atoms with Crippen molar-refractivity contribution in [2.45, 2.75) is 19.4 Å². The monoisotopic (exact) mass is 213 g/mol. The van der Waals surface area contributed by atoms with Crippen molar-refractivity contribution < 1.29 is 17.2 Å². The molecule has 1 saturated heterocycles. The second-order valence-corrected chi connectivity index (χ2v) is 5.58. The van der Waals surface area contributed by atoms with Crippen LogP contribution in [0.5, 0.6) is 0 Å². The molecular weight excluding hydrogens is 200 g/mol. The third-order valence-corrected chi connectivity index (χ3v) is 3.98. The molecule has 13 heavy (non-hydrogen) atoms. The van der Waals surface area contributed by atoms with Crippen molar-refractivity contribution in [3.05, 3.63) is 0 Å². The fraction of sp³-hybridized carbons (Fsp3) is 1.00. The van der Waals surface area contributed by atoms with E-state index in [4.69, 9.17) is 0 Å². The van der Waals surface area contributed by atoms with Gasteiger partial charge in [-0.05, 0) is 6.92 Å². The third-order valence-electron chi connectivity index (χ3n) is 2.18. The van der Waals surface area contributed by atoms with E-state index in [9.17, 15) is 17.2 Å². The van der Waals surface area contributed by atoms with Crippen LogP contribution in [-0.2, 0) is 9.84 Å². The van der Waals surface area contributed by atoms with E-state index in [1.807, 2.05) is 0 Å². The Labute approximate surface area is 76.6 Å². The zero-order valence-electron chi connectivity index (χ0n) is 7.41. The summed E-state index contributed by atoms with van der Waals surface area (Å²) in [7, 11) is -2.99. The Bertz CT molecular complexity index is 266. The first kappa shape index (κ1) is 10.8. The molecule has 0 amide bonds. The standard InChI is InChI=1S/C7H13F2NO2S/c1-6-5-13(11,12)3-2-10(6)4-7(8)9/h6-7H,2-5H2,1H3. The summed E-state index contributed by atoms with van der Waals surface area (Å²) in [5.74, 6) is 0.00375. The highest BCUT2D eigenvalue weighted by Gasteiger charge is 2.29. The molecule has 0 aromatic carbocycles. The number of alkyl halides is 2. The summed E-state index contributed by atoms with van der Waals surface area (Å²) in [5.41, 5.74) is 0. The van der Waals surface area contributed by atoms with Crippen molar-refractivity contribution >= 4 is 9.84 Å². The highest BCUT2D eigenvalue weighted by Crippen LogP contribution is 2.12. The molecule has 0 aromatic heterocycles. The largest absolute Gasteiger partial charge is 0.293 e. The van der Waals surface area contributed by atoms with E-state index in [0.717, 1.165) is 0 Å². The van der Waals surface area contributed by atoms with Crippen LogP contribution in [0.25, 0.3) is 0 Å². The van der Waals surface area contributed by atoms with Crippen LogP contribution in [0.4, 0.5) is 8.78 Å². The summed E-state index contributed by atoms with van der Waals surface area (Å²) in [6.07, 6.45) is -2.39. The summed E-state index contributed by atoms with van der Waals surface area (Å²) in [6.45, 7) is 1.57. The number of hydrogen-bond acceptors (Lipinski definition) is 3. The molecule has 0 aromatic rings. The summed E-state index contributed by atoms with van der Waals surface area (Å²) < 4.78 is 46.1. The number of halogens is 2. The van der Waals surface area contributed by atoms with Crippen LogP contribution >= 0.6 is 0 Å². The van der Waals surface area contributed by atoms with Gasteiger partial charge in [-0.1, -0.05) is 0 Å². The van der Waals surface area contributed by atoms with Gasteiger partial charge in [0.05, 0.1) is 18.1 Å². The van der Waals surface area contributed by atoms with Crippen LogP contribution in [0.1, 0.15) is 6.92 Å². The molecule has 0 bridgehead atoms. The Morgan fingerprint density at radius 1 is 1.54 bits per heavy atom. The Hall–Kier alpha value is -0.230. The number of hydrogen-bond donors (Lipinski definition) is 0. The SMILES string of the molecule is CC1CS(=O)(=O)CCN1CC(F)F. The number of rotatable bonds is 2. The molecule has 0 saturated carbocycles. The first-order chi connectivity index (χ1) is 5.91. The van der Waals surface area contributed by atoms with Crippen molar-refractivity contribution in [1.82, 2.24) is 4.90 Å². The van der Waals surface area contributed by atoms with Gasteiger partial charge >= 0.3 is 0 Å². The van der Waals surface area contributed by atoms with Crippen LogP contribution < -0.4 is 0 Å². The van der Waals surface area contributed by atoms with Gasteiger partial charge in [0.2, 0.25) is 0 Å². The summed E-state index contributed by atoms with van der Waals surface area (Å²) in [5, 5.41) is 0. The lowest BCUT2D eigenvalue weighted by Crippen LogP contribution is -2.48. The van der Waals surface area contributed by atoms with Gasteiger partial charge < -0.3 is 0 Å². The lowest BCUT2D eigenvalue weighted by Gasteiger charge is -2.32. The molecule has 3 nitrogen and oxygen atoms in total. The molecule has 1 aliphatic rings. The maximum Gasteiger partial charge on any atom is 0.251 e. The van der Waals surface area contributed by atoms with Crippen LogP contribution in [0.15, 0.2) is 0 Å². The van der Waals surface area contributed by atoms with Crippen molar-refractivity contribution in [2.75, 3.05) is 24.6 Å². The van der Waals surface area contributed by atoms with Crippen molar-refractivity contribution in [1.29, 1.82) is 0 Å². The molecule has 0 N–H and O–H groups in total. The molecule has 78 valence electrons. The lowest BCUT2D eigenvalue weighted by molar-refractivity contribution is 0.0749. The van der Waals surface area contributed by atoms with Gasteiger partial charge in [0.1, 0.15) is 0 Å². The average Bonchev–Trinajstić information content (AvgIpc) is 1.93. The Morgan fingerprint density at radius 2 is 2.15 bits per heavy atom.